The maximum Gasteiger partial charge on any atom is 0.339 e. The minimum absolute atomic E-state index is 0.00859. The maximum atomic E-state index is 12.1. The monoisotopic (exact) mass is 316 g/mol. The largest absolute Gasteiger partial charge is 0.508 e. The third kappa shape index (κ3) is 2.42. The number of aliphatic carboxylic acids is 1. The standard InChI is InChI=1S/C16H12O7/c17-8-3-1-7(2-4-8)14-13(15(20)21)9-5-11(18)12(19)6-10(9)16(22)23-14/h1-6,13-14,17-19H,(H,20,21)/t13-,14+/m0/s1. The van der Waals surface area contributed by atoms with Crippen molar-refractivity contribution in [1.82, 2.24) is 0 Å². The van der Waals surface area contributed by atoms with Crippen molar-refractivity contribution in [3.05, 3.63) is 53.1 Å². The van der Waals surface area contributed by atoms with Crippen molar-refractivity contribution < 1.29 is 34.8 Å². The van der Waals surface area contributed by atoms with Crippen LogP contribution in [0.15, 0.2) is 36.4 Å². The van der Waals surface area contributed by atoms with Crippen LogP contribution in [-0.2, 0) is 9.53 Å². The molecular formula is C16H12O7. The molecule has 1 heterocycles. The number of benzene rings is 2. The van der Waals surface area contributed by atoms with Crippen molar-refractivity contribution in [2.75, 3.05) is 0 Å². The van der Waals surface area contributed by atoms with E-state index < -0.39 is 35.5 Å². The van der Waals surface area contributed by atoms with Gasteiger partial charge in [0.05, 0.1) is 5.56 Å². The molecule has 0 saturated carbocycles. The number of carboxylic acids is 1. The fourth-order valence-corrected chi connectivity index (χ4v) is 2.62. The number of esters is 1. The summed E-state index contributed by atoms with van der Waals surface area (Å²) in [7, 11) is 0. The van der Waals surface area contributed by atoms with Crippen molar-refractivity contribution in [1.29, 1.82) is 0 Å². The molecular weight excluding hydrogens is 304 g/mol. The Morgan fingerprint density at radius 2 is 1.61 bits per heavy atom. The van der Waals surface area contributed by atoms with Gasteiger partial charge in [-0.3, -0.25) is 4.79 Å². The van der Waals surface area contributed by atoms with Gasteiger partial charge in [-0.25, -0.2) is 4.79 Å². The van der Waals surface area contributed by atoms with E-state index in [-0.39, 0.29) is 16.9 Å². The number of phenolic OH excluding ortho intramolecular Hbond substituents is 3. The normalized spacial score (nSPS) is 19.7. The number of carboxylic acid groups (broad SMARTS) is 1. The number of rotatable bonds is 2. The lowest BCUT2D eigenvalue weighted by molar-refractivity contribution is -0.142. The third-order valence-electron chi connectivity index (χ3n) is 3.73. The second kappa shape index (κ2) is 5.20. The van der Waals surface area contributed by atoms with Gasteiger partial charge in [-0.2, -0.15) is 0 Å². The summed E-state index contributed by atoms with van der Waals surface area (Å²) in [5, 5.41) is 38.0. The minimum Gasteiger partial charge on any atom is -0.508 e. The van der Waals surface area contributed by atoms with Gasteiger partial charge in [0, 0.05) is 0 Å². The van der Waals surface area contributed by atoms with E-state index in [1.54, 1.807) is 0 Å². The van der Waals surface area contributed by atoms with Gasteiger partial charge in [0.1, 0.15) is 17.8 Å². The molecule has 7 heteroatoms. The summed E-state index contributed by atoms with van der Waals surface area (Å²) in [4.78, 5) is 23.8. The molecule has 0 saturated heterocycles. The Morgan fingerprint density at radius 1 is 1.00 bits per heavy atom. The average Bonchev–Trinajstić information content (AvgIpc) is 2.49. The third-order valence-corrected chi connectivity index (χ3v) is 3.73. The van der Waals surface area contributed by atoms with Gasteiger partial charge in [-0.15, -0.1) is 0 Å². The summed E-state index contributed by atoms with van der Waals surface area (Å²) in [6, 6.07) is 7.65. The van der Waals surface area contributed by atoms with Gasteiger partial charge < -0.3 is 25.2 Å². The van der Waals surface area contributed by atoms with E-state index in [0.717, 1.165) is 12.1 Å². The highest BCUT2D eigenvalue weighted by molar-refractivity contribution is 5.97. The molecule has 1 aliphatic heterocycles. The Kier molecular flexibility index (Phi) is 3.33. The van der Waals surface area contributed by atoms with Crippen LogP contribution < -0.4 is 0 Å². The van der Waals surface area contributed by atoms with Gasteiger partial charge >= 0.3 is 11.9 Å². The number of cyclic esters (lactones) is 1. The number of hydrogen-bond acceptors (Lipinski definition) is 6. The van der Waals surface area contributed by atoms with E-state index in [9.17, 15) is 30.0 Å². The molecule has 0 fully saturated rings. The van der Waals surface area contributed by atoms with E-state index in [1.807, 2.05) is 0 Å². The zero-order chi connectivity index (χ0) is 16.7. The highest BCUT2D eigenvalue weighted by Gasteiger charge is 2.42. The Morgan fingerprint density at radius 3 is 2.22 bits per heavy atom. The SMILES string of the molecule is O=C1O[C@H](c2ccc(O)cc2)[C@@H](C(=O)O)c2cc(O)c(O)cc21. The van der Waals surface area contributed by atoms with Gasteiger partial charge in [-0.1, -0.05) is 12.1 Å². The van der Waals surface area contributed by atoms with Crippen LogP contribution in [0.1, 0.15) is 33.5 Å². The number of carbonyl (C=O) groups excluding carboxylic acids is 1. The number of hydrogen-bond donors (Lipinski definition) is 4. The number of fused-ring (bicyclic) bond motifs is 1. The quantitative estimate of drug-likeness (QED) is 0.492. The van der Waals surface area contributed by atoms with E-state index in [4.69, 9.17) is 4.74 Å². The second-order valence-corrected chi connectivity index (χ2v) is 5.16. The Hall–Kier alpha value is -3.22. The number of carbonyl (C=O) groups is 2. The predicted molar refractivity (Wildman–Crippen MR) is 76.4 cm³/mol. The first-order valence-electron chi connectivity index (χ1n) is 6.67. The summed E-state index contributed by atoms with van der Waals surface area (Å²) in [6.07, 6.45) is -1.11. The molecule has 0 bridgehead atoms. The average molecular weight is 316 g/mol. The molecule has 3 rings (SSSR count). The molecule has 7 nitrogen and oxygen atoms in total. The smallest absolute Gasteiger partial charge is 0.339 e. The van der Waals surface area contributed by atoms with Crippen LogP contribution in [-0.4, -0.2) is 32.4 Å². The van der Waals surface area contributed by atoms with Crippen LogP contribution in [0, 0.1) is 0 Å². The van der Waals surface area contributed by atoms with Crippen LogP contribution in [0.25, 0.3) is 0 Å². The van der Waals surface area contributed by atoms with E-state index in [0.29, 0.717) is 5.56 Å². The molecule has 0 aromatic heterocycles. The Labute approximate surface area is 130 Å². The van der Waals surface area contributed by atoms with Crippen LogP contribution in [0.2, 0.25) is 0 Å². The lowest BCUT2D eigenvalue weighted by Gasteiger charge is -2.31. The molecule has 0 spiro atoms. The molecule has 1 aliphatic rings. The van der Waals surface area contributed by atoms with E-state index in [2.05, 4.69) is 0 Å². The molecule has 0 unspecified atom stereocenters. The van der Waals surface area contributed by atoms with E-state index >= 15 is 0 Å². The lowest BCUT2D eigenvalue weighted by Crippen LogP contribution is -2.31. The number of aromatic hydroxyl groups is 3. The Balaban J connectivity index is 2.16. The van der Waals surface area contributed by atoms with Crippen LogP contribution in [0.5, 0.6) is 17.2 Å². The highest BCUT2D eigenvalue weighted by Crippen LogP contribution is 2.44. The summed E-state index contributed by atoms with van der Waals surface area (Å²) in [5.41, 5.74) is 0.339. The van der Waals surface area contributed by atoms with Crippen molar-refractivity contribution >= 4 is 11.9 Å². The molecule has 0 aliphatic carbocycles. The summed E-state index contributed by atoms with van der Waals surface area (Å²) < 4.78 is 5.21. The first-order chi connectivity index (χ1) is 10.9. The summed E-state index contributed by atoms with van der Waals surface area (Å²) in [5.74, 6) is -4.36. The van der Waals surface area contributed by atoms with E-state index in [1.165, 1.54) is 24.3 Å². The van der Waals surface area contributed by atoms with Crippen molar-refractivity contribution in [2.24, 2.45) is 0 Å². The topological polar surface area (TPSA) is 124 Å². The second-order valence-electron chi connectivity index (χ2n) is 5.16. The molecule has 23 heavy (non-hydrogen) atoms. The molecule has 118 valence electrons. The van der Waals surface area contributed by atoms with Crippen molar-refractivity contribution in [3.63, 3.8) is 0 Å². The van der Waals surface area contributed by atoms with Crippen LogP contribution in [0.4, 0.5) is 0 Å². The number of phenols is 3. The maximum absolute atomic E-state index is 12.1. The zero-order valence-corrected chi connectivity index (χ0v) is 11.6. The molecule has 2 aromatic rings. The Bertz CT molecular complexity index is 795. The van der Waals surface area contributed by atoms with Crippen molar-refractivity contribution in [3.8, 4) is 17.2 Å². The molecule has 0 radical (unpaired) electrons. The van der Waals surface area contributed by atoms with Gasteiger partial charge in [0.15, 0.2) is 11.5 Å². The lowest BCUT2D eigenvalue weighted by atomic mass is 9.84. The molecule has 2 aromatic carbocycles. The molecule has 4 N–H and O–H groups in total. The predicted octanol–water partition coefficient (Wildman–Crippen LogP) is 1.88. The molecule has 2 atom stereocenters. The zero-order valence-electron chi connectivity index (χ0n) is 11.6. The molecule has 0 amide bonds. The highest BCUT2D eigenvalue weighted by atomic mass is 16.5. The van der Waals surface area contributed by atoms with Crippen LogP contribution >= 0.6 is 0 Å². The van der Waals surface area contributed by atoms with Crippen LogP contribution in [0.3, 0.4) is 0 Å². The minimum atomic E-state index is -1.25. The van der Waals surface area contributed by atoms with Gasteiger partial charge in [0.25, 0.3) is 0 Å². The first kappa shape index (κ1) is 14.7. The van der Waals surface area contributed by atoms with Gasteiger partial charge in [-0.05, 0) is 35.4 Å². The summed E-state index contributed by atoms with van der Waals surface area (Å²) in [6.45, 7) is 0. The van der Waals surface area contributed by atoms with Gasteiger partial charge in [0.2, 0.25) is 0 Å². The van der Waals surface area contributed by atoms with Crippen molar-refractivity contribution in [2.45, 2.75) is 12.0 Å². The fourth-order valence-electron chi connectivity index (χ4n) is 2.62. The first-order valence-corrected chi connectivity index (χ1v) is 6.67. The fraction of sp³-hybridized carbons (Fsp3) is 0.125. The summed E-state index contributed by atoms with van der Waals surface area (Å²) >= 11 is 0. The number of ether oxygens (including phenoxy) is 1.